The number of carbonyl (C=O) groups excluding carboxylic acids is 1. The number of imidazole rings is 1. The SMILES string of the molecule is O=C(COCc1nc2ccccc2[nH]1)N1CC[C@](O)(c2ccccc2)[C@@H](O)C1. The number of hydrogen-bond acceptors (Lipinski definition) is 5. The lowest BCUT2D eigenvalue weighted by molar-refractivity contribution is -0.155. The highest BCUT2D eigenvalue weighted by molar-refractivity contribution is 5.77. The molecule has 1 aromatic heterocycles. The number of aliphatic hydroxyl groups excluding tert-OH is 1. The predicted molar refractivity (Wildman–Crippen MR) is 103 cm³/mol. The average molecular weight is 381 g/mol. The van der Waals surface area contributed by atoms with Crippen molar-refractivity contribution in [3.05, 3.63) is 66.0 Å². The number of amides is 1. The number of H-pyrrole nitrogens is 1. The molecule has 3 N–H and O–H groups in total. The van der Waals surface area contributed by atoms with Gasteiger partial charge >= 0.3 is 0 Å². The predicted octanol–water partition coefficient (Wildman–Crippen LogP) is 1.56. The third kappa shape index (κ3) is 3.64. The summed E-state index contributed by atoms with van der Waals surface area (Å²) in [6.45, 7) is 0.520. The number of para-hydroxylation sites is 2. The van der Waals surface area contributed by atoms with Gasteiger partial charge in [-0.15, -0.1) is 0 Å². The Morgan fingerprint density at radius 1 is 1.21 bits per heavy atom. The largest absolute Gasteiger partial charge is 0.388 e. The van der Waals surface area contributed by atoms with Crippen molar-refractivity contribution >= 4 is 16.9 Å². The fraction of sp³-hybridized carbons (Fsp3) is 0.333. The normalized spacial score (nSPS) is 22.5. The van der Waals surface area contributed by atoms with Gasteiger partial charge in [-0.05, 0) is 17.7 Å². The van der Waals surface area contributed by atoms with Crippen molar-refractivity contribution in [3.63, 3.8) is 0 Å². The standard InChI is InChI=1S/C21H23N3O4/c25-18-12-24(11-10-21(18,27)15-6-2-1-3-7-15)20(26)14-28-13-19-22-16-8-4-5-9-17(16)23-19/h1-9,18,25,27H,10-14H2,(H,22,23)/t18-,21-/m0/s1. The van der Waals surface area contributed by atoms with Crippen molar-refractivity contribution in [1.29, 1.82) is 0 Å². The lowest BCUT2D eigenvalue weighted by Crippen LogP contribution is -2.55. The molecule has 7 nitrogen and oxygen atoms in total. The van der Waals surface area contributed by atoms with Crippen LogP contribution in [-0.2, 0) is 21.7 Å². The molecule has 2 aromatic carbocycles. The van der Waals surface area contributed by atoms with Crippen LogP contribution in [0.15, 0.2) is 54.6 Å². The Kier molecular flexibility index (Phi) is 5.13. The first-order chi connectivity index (χ1) is 13.6. The van der Waals surface area contributed by atoms with Gasteiger partial charge in [0, 0.05) is 19.5 Å². The van der Waals surface area contributed by atoms with Crippen LogP contribution < -0.4 is 0 Å². The molecule has 0 spiro atoms. The Balaban J connectivity index is 1.31. The van der Waals surface area contributed by atoms with E-state index in [-0.39, 0.29) is 32.1 Å². The summed E-state index contributed by atoms with van der Waals surface area (Å²) in [4.78, 5) is 21.5. The van der Waals surface area contributed by atoms with E-state index in [0.717, 1.165) is 11.0 Å². The van der Waals surface area contributed by atoms with E-state index < -0.39 is 11.7 Å². The highest BCUT2D eigenvalue weighted by Gasteiger charge is 2.43. The summed E-state index contributed by atoms with van der Waals surface area (Å²) in [6, 6.07) is 16.8. The molecule has 1 saturated heterocycles. The molecule has 1 fully saturated rings. The van der Waals surface area contributed by atoms with Crippen molar-refractivity contribution in [2.24, 2.45) is 0 Å². The van der Waals surface area contributed by atoms with E-state index in [2.05, 4.69) is 9.97 Å². The summed E-state index contributed by atoms with van der Waals surface area (Å²) in [6.07, 6.45) is -0.781. The zero-order chi connectivity index (χ0) is 19.6. The van der Waals surface area contributed by atoms with Gasteiger partial charge in [0.1, 0.15) is 30.7 Å². The maximum atomic E-state index is 12.4. The molecule has 28 heavy (non-hydrogen) atoms. The van der Waals surface area contributed by atoms with Crippen molar-refractivity contribution in [2.45, 2.75) is 24.7 Å². The molecule has 2 atom stereocenters. The molecule has 1 amide bonds. The van der Waals surface area contributed by atoms with Crippen LogP contribution in [0.5, 0.6) is 0 Å². The van der Waals surface area contributed by atoms with E-state index in [1.807, 2.05) is 42.5 Å². The minimum atomic E-state index is -1.34. The van der Waals surface area contributed by atoms with Crippen LogP contribution >= 0.6 is 0 Å². The Labute approximate surface area is 162 Å². The van der Waals surface area contributed by atoms with Gasteiger partial charge in [-0.2, -0.15) is 0 Å². The van der Waals surface area contributed by atoms with E-state index in [9.17, 15) is 15.0 Å². The van der Waals surface area contributed by atoms with Crippen LogP contribution in [-0.4, -0.2) is 56.8 Å². The number of likely N-dealkylation sites (tertiary alicyclic amines) is 1. The maximum absolute atomic E-state index is 12.4. The Morgan fingerprint density at radius 3 is 2.71 bits per heavy atom. The molecule has 0 saturated carbocycles. The molecule has 146 valence electrons. The molecule has 1 aliphatic rings. The molecular formula is C21H23N3O4. The van der Waals surface area contributed by atoms with E-state index in [4.69, 9.17) is 4.74 Å². The second-order valence-corrected chi connectivity index (χ2v) is 7.09. The van der Waals surface area contributed by atoms with Crippen LogP contribution in [0.2, 0.25) is 0 Å². The summed E-state index contributed by atoms with van der Waals surface area (Å²) in [5, 5.41) is 21.4. The lowest BCUT2D eigenvalue weighted by Gasteiger charge is -2.42. The molecule has 0 aliphatic carbocycles. The molecule has 0 unspecified atom stereocenters. The second-order valence-electron chi connectivity index (χ2n) is 7.09. The lowest BCUT2D eigenvalue weighted by atomic mass is 9.82. The number of nitrogens with zero attached hydrogens (tertiary/aromatic N) is 2. The number of hydrogen-bond donors (Lipinski definition) is 3. The molecule has 3 aromatic rings. The molecule has 2 heterocycles. The summed E-state index contributed by atoms with van der Waals surface area (Å²) in [7, 11) is 0. The second kappa shape index (κ2) is 7.71. The minimum Gasteiger partial charge on any atom is -0.388 e. The number of β-amino-alcohol motifs (C(OH)–C–C–N with tert-alkyl or cyclic N) is 1. The molecule has 4 rings (SSSR count). The fourth-order valence-electron chi connectivity index (χ4n) is 3.61. The van der Waals surface area contributed by atoms with Gasteiger partial charge in [-0.3, -0.25) is 4.79 Å². The number of carbonyl (C=O) groups is 1. The minimum absolute atomic E-state index is 0.0677. The Bertz CT molecular complexity index is 925. The number of aromatic nitrogens is 2. The van der Waals surface area contributed by atoms with Gasteiger partial charge < -0.3 is 24.8 Å². The van der Waals surface area contributed by atoms with Gasteiger partial charge in [0.25, 0.3) is 0 Å². The molecular weight excluding hydrogens is 358 g/mol. The van der Waals surface area contributed by atoms with Crippen molar-refractivity contribution < 1.29 is 19.7 Å². The summed E-state index contributed by atoms with van der Waals surface area (Å²) < 4.78 is 5.51. The number of aliphatic hydroxyl groups is 2. The van der Waals surface area contributed by atoms with E-state index >= 15 is 0 Å². The number of aromatic amines is 1. The van der Waals surface area contributed by atoms with Crippen LogP contribution in [0.25, 0.3) is 11.0 Å². The van der Waals surface area contributed by atoms with Gasteiger partial charge in [-0.1, -0.05) is 42.5 Å². The monoisotopic (exact) mass is 381 g/mol. The highest BCUT2D eigenvalue weighted by atomic mass is 16.5. The molecule has 1 aliphatic heterocycles. The Morgan fingerprint density at radius 2 is 1.96 bits per heavy atom. The number of rotatable bonds is 5. The number of ether oxygens (including phenoxy) is 1. The first-order valence-corrected chi connectivity index (χ1v) is 9.31. The van der Waals surface area contributed by atoms with Gasteiger partial charge in [0.15, 0.2) is 0 Å². The molecule has 0 radical (unpaired) electrons. The van der Waals surface area contributed by atoms with Crippen LogP contribution in [0.4, 0.5) is 0 Å². The summed E-state index contributed by atoms with van der Waals surface area (Å²) >= 11 is 0. The Hall–Kier alpha value is -2.74. The number of nitrogens with one attached hydrogen (secondary N) is 1. The third-order valence-electron chi connectivity index (χ3n) is 5.24. The first-order valence-electron chi connectivity index (χ1n) is 9.31. The number of piperidine rings is 1. The van der Waals surface area contributed by atoms with Crippen LogP contribution in [0.3, 0.4) is 0 Å². The topological polar surface area (TPSA) is 98.7 Å². The molecule has 0 bridgehead atoms. The molecule has 7 heteroatoms. The summed E-state index contributed by atoms with van der Waals surface area (Å²) in [5.41, 5.74) is 1.10. The highest BCUT2D eigenvalue weighted by Crippen LogP contribution is 2.33. The van der Waals surface area contributed by atoms with Gasteiger partial charge in [0.2, 0.25) is 5.91 Å². The van der Waals surface area contributed by atoms with E-state index in [0.29, 0.717) is 17.9 Å². The zero-order valence-corrected chi connectivity index (χ0v) is 15.4. The van der Waals surface area contributed by atoms with Crippen molar-refractivity contribution in [2.75, 3.05) is 19.7 Å². The number of fused-ring (bicyclic) bond motifs is 1. The van der Waals surface area contributed by atoms with Crippen LogP contribution in [0.1, 0.15) is 17.8 Å². The quantitative estimate of drug-likeness (QED) is 0.623. The summed E-state index contributed by atoms with van der Waals surface area (Å²) in [5.74, 6) is 0.441. The van der Waals surface area contributed by atoms with E-state index in [1.165, 1.54) is 4.90 Å². The first kappa shape index (κ1) is 18.6. The van der Waals surface area contributed by atoms with Crippen molar-refractivity contribution in [1.82, 2.24) is 14.9 Å². The van der Waals surface area contributed by atoms with E-state index in [1.54, 1.807) is 12.1 Å². The zero-order valence-electron chi connectivity index (χ0n) is 15.4. The van der Waals surface area contributed by atoms with Gasteiger partial charge in [0.05, 0.1) is 11.0 Å². The van der Waals surface area contributed by atoms with Crippen LogP contribution in [0, 0.1) is 0 Å². The maximum Gasteiger partial charge on any atom is 0.248 e. The van der Waals surface area contributed by atoms with Crippen molar-refractivity contribution in [3.8, 4) is 0 Å². The average Bonchev–Trinajstić information content (AvgIpc) is 3.13. The van der Waals surface area contributed by atoms with Gasteiger partial charge in [-0.25, -0.2) is 4.98 Å². The third-order valence-corrected chi connectivity index (χ3v) is 5.24. The smallest absolute Gasteiger partial charge is 0.248 e. The number of benzene rings is 2. The fourth-order valence-corrected chi connectivity index (χ4v) is 3.61.